The SMILES string of the molecule is COc1ccc2c(c1C)C(C=O)=C[N]2. The molecule has 1 heterocycles. The number of fused-ring (bicyclic) bond motifs is 1. The molecule has 0 spiro atoms. The minimum absolute atomic E-state index is 0.622. The van der Waals surface area contributed by atoms with Crippen molar-refractivity contribution in [2.75, 3.05) is 7.11 Å². The van der Waals surface area contributed by atoms with E-state index in [0.29, 0.717) is 5.57 Å². The molecule has 0 aromatic heterocycles. The molecule has 1 aromatic rings. The quantitative estimate of drug-likeness (QED) is 0.664. The number of hydrogen-bond acceptors (Lipinski definition) is 2. The van der Waals surface area contributed by atoms with Crippen LogP contribution in [0, 0.1) is 6.92 Å². The van der Waals surface area contributed by atoms with Gasteiger partial charge < -0.3 is 4.74 Å². The Morgan fingerprint density at radius 3 is 2.86 bits per heavy atom. The zero-order valence-corrected chi connectivity index (χ0v) is 8.07. The molecular formula is C11H10NO2. The molecule has 0 aliphatic carbocycles. The van der Waals surface area contributed by atoms with E-state index in [-0.39, 0.29) is 0 Å². The highest BCUT2D eigenvalue weighted by Crippen LogP contribution is 2.36. The second kappa shape index (κ2) is 3.18. The Hall–Kier alpha value is -1.77. The van der Waals surface area contributed by atoms with Gasteiger partial charge in [-0.05, 0) is 19.1 Å². The Labute approximate surface area is 82.4 Å². The summed E-state index contributed by atoms with van der Waals surface area (Å²) >= 11 is 0. The molecular weight excluding hydrogens is 178 g/mol. The van der Waals surface area contributed by atoms with Gasteiger partial charge in [-0.1, -0.05) is 0 Å². The molecule has 0 N–H and O–H groups in total. The Balaban J connectivity index is 2.62. The molecule has 14 heavy (non-hydrogen) atoms. The lowest BCUT2D eigenvalue weighted by molar-refractivity contribution is -0.103. The van der Waals surface area contributed by atoms with Gasteiger partial charge in [-0.3, -0.25) is 10.1 Å². The second-order valence-corrected chi connectivity index (χ2v) is 3.12. The molecule has 0 atom stereocenters. The minimum atomic E-state index is 0.622. The fourth-order valence-electron chi connectivity index (χ4n) is 1.66. The first kappa shape index (κ1) is 8.81. The van der Waals surface area contributed by atoms with E-state index in [1.165, 1.54) is 0 Å². The van der Waals surface area contributed by atoms with Gasteiger partial charge in [0.1, 0.15) is 5.75 Å². The van der Waals surface area contributed by atoms with Crippen LogP contribution in [0.25, 0.3) is 5.57 Å². The molecule has 0 fully saturated rings. The highest BCUT2D eigenvalue weighted by atomic mass is 16.5. The second-order valence-electron chi connectivity index (χ2n) is 3.12. The van der Waals surface area contributed by atoms with Crippen LogP contribution >= 0.6 is 0 Å². The topological polar surface area (TPSA) is 40.4 Å². The van der Waals surface area contributed by atoms with Gasteiger partial charge in [0, 0.05) is 22.9 Å². The average Bonchev–Trinajstić information content (AvgIpc) is 2.62. The summed E-state index contributed by atoms with van der Waals surface area (Å²) in [4.78, 5) is 10.8. The number of methoxy groups -OCH3 is 1. The Bertz CT molecular complexity index is 422. The predicted molar refractivity (Wildman–Crippen MR) is 53.6 cm³/mol. The summed E-state index contributed by atoms with van der Waals surface area (Å²) in [5, 5.41) is 4.14. The first-order valence-corrected chi connectivity index (χ1v) is 4.32. The summed E-state index contributed by atoms with van der Waals surface area (Å²) in [6, 6.07) is 3.72. The standard InChI is InChI=1S/C11H10NO2/c1-7-10(14-2)4-3-9-11(7)8(6-13)5-12-9/h3-6H,1-2H3. The van der Waals surface area contributed by atoms with Crippen LogP contribution in [-0.4, -0.2) is 13.4 Å². The van der Waals surface area contributed by atoms with Crippen molar-refractivity contribution in [3.8, 4) is 5.75 Å². The molecule has 1 aliphatic heterocycles. The van der Waals surface area contributed by atoms with Crippen LogP contribution in [0.5, 0.6) is 5.75 Å². The Morgan fingerprint density at radius 2 is 2.21 bits per heavy atom. The molecule has 1 radical (unpaired) electrons. The largest absolute Gasteiger partial charge is 0.496 e. The van der Waals surface area contributed by atoms with E-state index in [1.807, 2.05) is 19.1 Å². The van der Waals surface area contributed by atoms with Crippen LogP contribution in [-0.2, 0) is 4.79 Å². The fraction of sp³-hybridized carbons (Fsp3) is 0.182. The smallest absolute Gasteiger partial charge is 0.152 e. The van der Waals surface area contributed by atoms with Crippen LogP contribution < -0.4 is 10.1 Å². The number of ether oxygens (including phenoxy) is 1. The van der Waals surface area contributed by atoms with E-state index >= 15 is 0 Å². The lowest BCUT2D eigenvalue weighted by atomic mass is 10.0. The van der Waals surface area contributed by atoms with E-state index < -0.39 is 0 Å². The van der Waals surface area contributed by atoms with Gasteiger partial charge >= 0.3 is 0 Å². The van der Waals surface area contributed by atoms with Gasteiger partial charge in [0.25, 0.3) is 0 Å². The summed E-state index contributed by atoms with van der Waals surface area (Å²) in [6.07, 6.45) is 2.41. The number of carbonyl (C=O) groups excluding carboxylic acids is 1. The summed E-state index contributed by atoms with van der Waals surface area (Å²) in [7, 11) is 1.62. The average molecular weight is 188 g/mol. The maximum Gasteiger partial charge on any atom is 0.152 e. The van der Waals surface area contributed by atoms with E-state index in [4.69, 9.17) is 4.74 Å². The van der Waals surface area contributed by atoms with Crippen LogP contribution in [0.4, 0.5) is 5.69 Å². The number of rotatable bonds is 2. The predicted octanol–water partition coefficient (Wildman–Crippen LogP) is 1.79. The maximum absolute atomic E-state index is 10.8. The normalized spacial score (nSPS) is 12.9. The monoisotopic (exact) mass is 188 g/mol. The fourth-order valence-corrected chi connectivity index (χ4v) is 1.66. The van der Waals surface area contributed by atoms with Crippen molar-refractivity contribution < 1.29 is 9.53 Å². The van der Waals surface area contributed by atoms with E-state index in [9.17, 15) is 4.79 Å². The molecule has 3 nitrogen and oxygen atoms in total. The summed E-state index contributed by atoms with van der Waals surface area (Å²) < 4.78 is 5.18. The molecule has 0 bridgehead atoms. The van der Waals surface area contributed by atoms with Crippen LogP contribution in [0.2, 0.25) is 0 Å². The van der Waals surface area contributed by atoms with Gasteiger partial charge in [-0.15, -0.1) is 0 Å². The molecule has 1 aliphatic rings. The first-order valence-electron chi connectivity index (χ1n) is 4.32. The van der Waals surface area contributed by atoms with Crippen molar-refractivity contribution in [3.63, 3.8) is 0 Å². The number of benzene rings is 1. The zero-order valence-electron chi connectivity index (χ0n) is 8.07. The van der Waals surface area contributed by atoms with Crippen LogP contribution in [0.1, 0.15) is 11.1 Å². The highest BCUT2D eigenvalue weighted by Gasteiger charge is 2.19. The highest BCUT2D eigenvalue weighted by molar-refractivity contribution is 6.11. The first-order chi connectivity index (χ1) is 6.77. The number of aldehydes is 1. The molecule has 0 saturated carbocycles. The zero-order chi connectivity index (χ0) is 10.1. The molecule has 0 amide bonds. The third-order valence-corrected chi connectivity index (χ3v) is 2.37. The van der Waals surface area contributed by atoms with Gasteiger partial charge in [-0.2, -0.15) is 0 Å². The van der Waals surface area contributed by atoms with Gasteiger partial charge in [0.05, 0.1) is 12.8 Å². The van der Waals surface area contributed by atoms with Gasteiger partial charge in [0.15, 0.2) is 6.29 Å². The van der Waals surface area contributed by atoms with Crippen LogP contribution in [0.3, 0.4) is 0 Å². The third kappa shape index (κ3) is 1.09. The summed E-state index contributed by atoms with van der Waals surface area (Å²) in [6.45, 7) is 1.93. The number of nitrogens with zero attached hydrogens (tertiary/aromatic N) is 1. The number of allylic oxidation sites excluding steroid dienone is 1. The number of carbonyl (C=O) groups is 1. The number of hydrogen-bond donors (Lipinski definition) is 0. The summed E-state index contributed by atoms with van der Waals surface area (Å²) in [5.41, 5.74) is 3.31. The Morgan fingerprint density at radius 1 is 1.43 bits per heavy atom. The van der Waals surface area contributed by atoms with Crippen molar-refractivity contribution in [1.82, 2.24) is 5.32 Å². The minimum Gasteiger partial charge on any atom is -0.496 e. The van der Waals surface area contributed by atoms with Crippen LogP contribution in [0.15, 0.2) is 18.3 Å². The lowest BCUT2D eigenvalue weighted by Crippen LogP contribution is -1.93. The van der Waals surface area contributed by atoms with Crippen molar-refractivity contribution in [1.29, 1.82) is 0 Å². The molecule has 71 valence electrons. The molecule has 2 rings (SSSR count). The molecule has 0 unspecified atom stereocenters. The molecule has 3 heteroatoms. The molecule has 0 saturated heterocycles. The lowest BCUT2D eigenvalue weighted by Gasteiger charge is -2.09. The van der Waals surface area contributed by atoms with Gasteiger partial charge in [-0.25, -0.2) is 0 Å². The van der Waals surface area contributed by atoms with Crippen molar-refractivity contribution in [2.45, 2.75) is 6.92 Å². The van der Waals surface area contributed by atoms with Gasteiger partial charge in [0.2, 0.25) is 0 Å². The van der Waals surface area contributed by atoms with Crippen molar-refractivity contribution in [3.05, 3.63) is 29.5 Å². The Kier molecular flexibility index (Phi) is 2.00. The third-order valence-electron chi connectivity index (χ3n) is 2.37. The molecule has 1 aromatic carbocycles. The van der Waals surface area contributed by atoms with E-state index in [2.05, 4.69) is 5.32 Å². The summed E-state index contributed by atoms with van der Waals surface area (Å²) in [5.74, 6) is 0.786. The van der Waals surface area contributed by atoms with Crippen molar-refractivity contribution >= 4 is 17.5 Å². The van der Waals surface area contributed by atoms with Crippen molar-refractivity contribution in [2.24, 2.45) is 0 Å². The van der Waals surface area contributed by atoms with E-state index in [1.54, 1.807) is 13.3 Å². The maximum atomic E-state index is 10.8. The van der Waals surface area contributed by atoms with E-state index in [0.717, 1.165) is 28.8 Å².